The third-order valence-electron chi connectivity index (χ3n) is 2.81. The average Bonchev–Trinajstić information content (AvgIpc) is 2.93. The Morgan fingerprint density at radius 1 is 1.43 bits per heavy atom. The van der Waals surface area contributed by atoms with Crippen LogP contribution in [0.15, 0.2) is 40.6 Å². The molecule has 6 nitrogen and oxygen atoms in total. The number of H-pyrrole nitrogens is 1. The monoisotopic (exact) mass is 305 g/mol. The molecule has 1 aromatic carbocycles. The first-order valence-corrected chi connectivity index (χ1v) is 7.64. The van der Waals surface area contributed by atoms with Gasteiger partial charge in [0.25, 0.3) is 0 Å². The molecule has 0 spiro atoms. The van der Waals surface area contributed by atoms with E-state index in [1.54, 1.807) is 0 Å². The summed E-state index contributed by atoms with van der Waals surface area (Å²) in [4.78, 5) is 16.8. The van der Waals surface area contributed by atoms with Crippen LogP contribution < -0.4 is 11.1 Å². The summed E-state index contributed by atoms with van der Waals surface area (Å²) in [5, 5.41) is 10.2. The summed E-state index contributed by atoms with van der Waals surface area (Å²) >= 11 is 1.48. The van der Waals surface area contributed by atoms with Gasteiger partial charge in [-0.25, -0.2) is 4.98 Å². The van der Waals surface area contributed by atoms with Crippen molar-refractivity contribution in [3.8, 4) is 0 Å². The van der Waals surface area contributed by atoms with E-state index >= 15 is 0 Å². The number of nitrogens with one attached hydrogen (secondary N) is 2. The zero-order valence-corrected chi connectivity index (χ0v) is 12.7. The lowest BCUT2D eigenvalue weighted by Crippen LogP contribution is -2.16. The number of benzene rings is 1. The van der Waals surface area contributed by atoms with Crippen molar-refractivity contribution in [2.75, 3.05) is 5.32 Å². The van der Waals surface area contributed by atoms with Crippen LogP contribution in [0.1, 0.15) is 26.2 Å². The topological polar surface area (TPSA) is 96.7 Å². The molecule has 2 aromatic rings. The molecule has 1 atom stereocenters. The largest absolute Gasteiger partial charge is 0.328 e. The van der Waals surface area contributed by atoms with E-state index in [0.717, 1.165) is 28.6 Å². The zero-order chi connectivity index (χ0) is 15.1. The van der Waals surface area contributed by atoms with Gasteiger partial charge in [0, 0.05) is 23.0 Å². The highest BCUT2D eigenvalue weighted by molar-refractivity contribution is 7.99. The minimum Gasteiger partial charge on any atom is -0.328 e. The average molecular weight is 305 g/mol. The fraction of sp³-hybridized carbons (Fsp3) is 0.357. The second kappa shape index (κ2) is 7.80. The number of amides is 1. The van der Waals surface area contributed by atoms with Gasteiger partial charge in [0.05, 0.1) is 0 Å². The molecule has 0 aliphatic rings. The lowest BCUT2D eigenvalue weighted by atomic mass is 10.1. The van der Waals surface area contributed by atoms with Crippen LogP contribution in [0.3, 0.4) is 0 Å². The second-order valence-electron chi connectivity index (χ2n) is 4.83. The van der Waals surface area contributed by atoms with Gasteiger partial charge in [-0.2, -0.15) is 5.10 Å². The third kappa shape index (κ3) is 5.57. The van der Waals surface area contributed by atoms with Crippen LogP contribution >= 0.6 is 11.8 Å². The Balaban J connectivity index is 1.80. The van der Waals surface area contributed by atoms with E-state index in [2.05, 4.69) is 20.5 Å². The van der Waals surface area contributed by atoms with E-state index in [0.29, 0.717) is 6.42 Å². The van der Waals surface area contributed by atoms with Gasteiger partial charge < -0.3 is 11.1 Å². The molecule has 0 saturated carbocycles. The number of nitrogens with zero attached hydrogens (tertiary/aromatic N) is 2. The maximum atomic E-state index is 11.8. The lowest BCUT2D eigenvalue weighted by Gasteiger charge is -2.07. The number of anilines is 1. The van der Waals surface area contributed by atoms with Crippen molar-refractivity contribution in [1.29, 1.82) is 0 Å². The summed E-state index contributed by atoms with van der Waals surface area (Å²) in [6.07, 6.45) is 3.64. The Kier molecular flexibility index (Phi) is 5.77. The van der Waals surface area contributed by atoms with Crippen molar-refractivity contribution in [3.05, 3.63) is 30.6 Å². The minimum absolute atomic E-state index is 0.0197. The Labute approximate surface area is 127 Å². The SMILES string of the molecule is CC(N)CCCC(=O)Nc1ccc(Sc2ncn[nH]2)cc1. The Morgan fingerprint density at radius 2 is 2.19 bits per heavy atom. The highest BCUT2D eigenvalue weighted by Gasteiger charge is 2.04. The van der Waals surface area contributed by atoms with Crippen molar-refractivity contribution in [2.45, 2.75) is 42.3 Å². The maximum absolute atomic E-state index is 11.8. The summed E-state index contributed by atoms with van der Waals surface area (Å²) in [5.74, 6) is 0.0197. The molecule has 1 amide bonds. The Bertz CT molecular complexity index is 553. The van der Waals surface area contributed by atoms with Crippen LogP contribution in [0.2, 0.25) is 0 Å². The van der Waals surface area contributed by atoms with Crippen LogP contribution in [-0.2, 0) is 4.79 Å². The van der Waals surface area contributed by atoms with Crippen LogP contribution in [0, 0.1) is 0 Å². The number of hydrogen-bond donors (Lipinski definition) is 3. The molecule has 0 radical (unpaired) electrons. The van der Waals surface area contributed by atoms with Crippen LogP contribution in [0.5, 0.6) is 0 Å². The summed E-state index contributed by atoms with van der Waals surface area (Å²) < 4.78 is 0. The number of nitrogens with two attached hydrogens (primary N) is 1. The van der Waals surface area contributed by atoms with Crippen molar-refractivity contribution in [2.24, 2.45) is 5.73 Å². The van der Waals surface area contributed by atoms with Gasteiger partial charge in [0.2, 0.25) is 5.91 Å². The molecule has 1 unspecified atom stereocenters. The van der Waals surface area contributed by atoms with Gasteiger partial charge in [-0.05, 0) is 44.0 Å². The molecule has 2 rings (SSSR count). The molecule has 7 heteroatoms. The van der Waals surface area contributed by atoms with Gasteiger partial charge in [-0.15, -0.1) is 0 Å². The lowest BCUT2D eigenvalue weighted by molar-refractivity contribution is -0.116. The molecule has 0 aliphatic carbocycles. The fourth-order valence-corrected chi connectivity index (χ4v) is 2.46. The first-order valence-electron chi connectivity index (χ1n) is 6.82. The third-order valence-corrected chi connectivity index (χ3v) is 3.71. The molecule has 4 N–H and O–H groups in total. The molecular formula is C14H19N5OS. The van der Waals surface area contributed by atoms with Crippen LogP contribution in [-0.4, -0.2) is 27.1 Å². The number of aromatic nitrogens is 3. The minimum atomic E-state index is 0.0197. The van der Waals surface area contributed by atoms with E-state index in [1.807, 2.05) is 31.2 Å². The fourth-order valence-electron chi connectivity index (χ4n) is 1.77. The molecule has 1 aromatic heterocycles. The summed E-state index contributed by atoms with van der Waals surface area (Å²) in [5.41, 5.74) is 6.45. The molecule has 0 aliphatic heterocycles. The maximum Gasteiger partial charge on any atom is 0.224 e. The predicted molar refractivity (Wildman–Crippen MR) is 83.1 cm³/mol. The number of carbonyl (C=O) groups is 1. The standard InChI is InChI=1S/C14H19N5OS/c1-10(15)3-2-4-13(20)18-11-5-7-12(8-6-11)21-14-16-9-17-19-14/h5-10H,2-4,15H2,1H3,(H,18,20)(H,16,17,19). The molecule has 1 heterocycles. The van der Waals surface area contributed by atoms with Crippen molar-refractivity contribution >= 4 is 23.4 Å². The first kappa shape index (κ1) is 15.5. The molecule has 21 heavy (non-hydrogen) atoms. The summed E-state index contributed by atoms with van der Waals surface area (Å²) in [7, 11) is 0. The van der Waals surface area contributed by atoms with Gasteiger partial charge in [0.1, 0.15) is 6.33 Å². The van der Waals surface area contributed by atoms with Crippen LogP contribution in [0.25, 0.3) is 0 Å². The number of hydrogen-bond acceptors (Lipinski definition) is 5. The van der Waals surface area contributed by atoms with Gasteiger partial charge in [0.15, 0.2) is 5.16 Å². The van der Waals surface area contributed by atoms with Crippen LogP contribution in [0.4, 0.5) is 5.69 Å². The highest BCUT2D eigenvalue weighted by Crippen LogP contribution is 2.25. The number of carbonyl (C=O) groups excluding carboxylic acids is 1. The van der Waals surface area contributed by atoms with Crippen molar-refractivity contribution < 1.29 is 4.79 Å². The van der Waals surface area contributed by atoms with Crippen molar-refractivity contribution in [3.63, 3.8) is 0 Å². The molecule has 112 valence electrons. The first-order chi connectivity index (χ1) is 10.1. The van der Waals surface area contributed by atoms with Gasteiger partial charge >= 0.3 is 0 Å². The number of rotatable bonds is 7. The zero-order valence-electron chi connectivity index (χ0n) is 11.9. The van der Waals surface area contributed by atoms with E-state index in [-0.39, 0.29) is 11.9 Å². The molecule has 0 saturated heterocycles. The summed E-state index contributed by atoms with van der Waals surface area (Å²) in [6.45, 7) is 1.95. The molecular weight excluding hydrogens is 286 g/mol. The smallest absolute Gasteiger partial charge is 0.224 e. The predicted octanol–water partition coefficient (Wildman–Crippen LogP) is 2.41. The van der Waals surface area contributed by atoms with E-state index in [9.17, 15) is 4.79 Å². The van der Waals surface area contributed by atoms with E-state index in [4.69, 9.17) is 5.73 Å². The Hall–Kier alpha value is -1.86. The Morgan fingerprint density at radius 3 is 2.81 bits per heavy atom. The molecule has 0 fully saturated rings. The summed E-state index contributed by atoms with van der Waals surface area (Å²) in [6, 6.07) is 7.77. The highest BCUT2D eigenvalue weighted by atomic mass is 32.2. The van der Waals surface area contributed by atoms with Gasteiger partial charge in [-0.1, -0.05) is 11.8 Å². The van der Waals surface area contributed by atoms with Gasteiger partial charge in [-0.3, -0.25) is 9.89 Å². The van der Waals surface area contributed by atoms with Crippen molar-refractivity contribution in [1.82, 2.24) is 15.2 Å². The molecule has 0 bridgehead atoms. The quantitative estimate of drug-likeness (QED) is 0.730. The number of aromatic amines is 1. The second-order valence-corrected chi connectivity index (χ2v) is 5.90. The normalized spacial score (nSPS) is 12.1. The van der Waals surface area contributed by atoms with E-state index in [1.165, 1.54) is 18.1 Å². The van der Waals surface area contributed by atoms with E-state index < -0.39 is 0 Å².